The van der Waals surface area contributed by atoms with Crippen molar-refractivity contribution in [2.75, 3.05) is 19.7 Å². The van der Waals surface area contributed by atoms with Crippen LogP contribution in [0.3, 0.4) is 0 Å². The molecule has 0 aliphatic carbocycles. The van der Waals surface area contributed by atoms with E-state index in [1.165, 1.54) is 4.31 Å². The van der Waals surface area contributed by atoms with E-state index in [0.29, 0.717) is 48.9 Å². The van der Waals surface area contributed by atoms with Gasteiger partial charge in [0.25, 0.3) is 0 Å². The quantitative estimate of drug-likeness (QED) is 0.299. The number of thioether (sulfide) groups is 1. The molecule has 2 aliphatic heterocycles. The molecule has 5 rings (SSSR count). The van der Waals surface area contributed by atoms with Crippen molar-refractivity contribution in [3.63, 3.8) is 0 Å². The zero-order valence-electron chi connectivity index (χ0n) is 19.9. The van der Waals surface area contributed by atoms with Gasteiger partial charge in [-0.05, 0) is 55.9 Å². The molecule has 0 N–H and O–H groups in total. The Balaban J connectivity index is 1.49. The Hall–Kier alpha value is -2.08. The van der Waals surface area contributed by atoms with Crippen LogP contribution in [0.4, 0.5) is 13.2 Å². The summed E-state index contributed by atoms with van der Waals surface area (Å²) in [4.78, 5) is 4.84. The largest absolute Gasteiger partial charge is 0.376 e. The van der Waals surface area contributed by atoms with Crippen LogP contribution in [-0.2, 0) is 27.1 Å². The van der Waals surface area contributed by atoms with Crippen molar-refractivity contribution in [1.82, 2.24) is 13.9 Å². The normalized spacial score (nSPS) is 21.4. The lowest BCUT2D eigenvalue weighted by Crippen LogP contribution is -2.39. The van der Waals surface area contributed by atoms with Crippen LogP contribution in [0.2, 0.25) is 0 Å². The van der Waals surface area contributed by atoms with E-state index < -0.39 is 27.5 Å². The average Bonchev–Trinajstić information content (AvgIpc) is 3.48. The second-order valence-electron chi connectivity index (χ2n) is 9.55. The van der Waals surface area contributed by atoms with Crippen LogP contribution in [0.25, 0.3) is 11.0 Å². The molecule has 11 heteroatoms. The van der Waals surface area contributed by atoms with E-state index in [4.69, 9.17) is 4.74 Å². The van der Waals surface area contributed by atoms with E-state index in [1.54, 1.807) is 18.2 Å². The maximum atomic E-state index is 14.2. The van der Waals surface area contributed by atoms with Gasteiger partial charge in [0.05, 0.1) is 28.6 Å². The van der Waals surface area contributed by atoms with Crippen molar-refractivity contribution in [2.24, 2.45) is 5.92 Å². The summed E-state index contributed by atoms with van der Waals surface area (Å²) in [5.74, 6) is -2.90. The van der Waals surface area contributed by atoms with Gasteiger partial charge in [-0.2, -0.15) is 4.31 Å². The first-order valence-electron chi connectivity index (χ1n) is 12.1. The van der Waals surface area contributed by atoms with E-state index in [2.05, 4.69) is 11.9 Å². The number of halogens is 3. The molecule has 2 saturated heterocycles. The zero-order chi connectivity index (χ0) is 25.4. The molecule has 2 aromatic carbocycles. The molecule has 3 aromatic rings. The minimum Gasteiger partial charge on any atom is -0.376 e. The lowest BCUT2D eigenvalue weighted by atomic mass is 10.0. The fraction of sp³-hybridized carbons (Fsp3) is 0.480. The molecule has 194 valence electrons. The average molecular weight is 540 g/mol. The predicted molar refractivity (Wildman–Crippen MR) is 132 cm³/mol. The first-order valence-corrected chi connectivity index (χ1v) is 14.5. The van der Waals surface area contributed by atoms with Gasteiger partial charge in [0.15, 0.2) is 16.8 Å². The molecule has 0 radical (unpaired) electrons. The second kappa shape index (κ2) is 10.4. The molecule has 1 aromatic heterocycles. The highest BCUT2D eigenvalue weighted by molar-refractivity contribution is 7.98. The highest BCUT2D eigenvalue weighted by Gasteiger charge is 2.29. The Morgan fingerprint density at radius 1 is 1.14 bits per heavy atom. The van der Waals surface area contributed by atoms with Gasteiger partial charge in [-0.1, -0.05) is 18.7 Å². The van der Waals surface area contributed by atoms with Gasteiger partial charge in [-0.3, -0.25) is 0 Å². The molecule has 0 saturated carbocycles. The van der Waals surface area contributed by atoms with E-state index in [-0.39, 0.29) is 22.3 Å². The van der Waals surface area contributed by atoms with Gasteiger partial charge in [0, 0.05) is 37.1 Å². The van der Waals surface area contributed by atoms with Crippen LogP contribution in [0.5, 0.6) is 0 Å². The summed E-state index contributed by atoms with van der Waals surface area (Å²) in [6.45, 7) is 4.20. The Kier molecular flexibility index (Phi) is 7.35. The molecular formula is C25H28F3N3O3S2. The number of benzene rings is 2. The number of sulfonamides is 1. The third-order valence-corrected chi connectivity index (χ3v) is 9.66. The number of hydrogen-bond acceptors (Lipinski definition) is 5. The first kappa shape index (κ1) is 25.6. The summed E-state index contributed by atoms with van der Waals surface area (Å²) < 4.78 is 77.5. The van der Waals surface area contributed by atoms with Gasteiger partial charge >= 0.3 is 0 Å². The standard InChI is InChI=1S/C25H28F3N3O3S2/c1-16-4-2-8-30(13-16)36(32,33)20-6-7-23-22(12-20)29-25(31(23)14-19-5-3-9-34-19)35-15-17-10-18(26)11-21(27)24(17)28/h6-7,10-12,16,19H,2-5,8-9,13-15H2,1H3/t16-,19-/m1/s1. The second-order valence-corrected chi connectivity index (χ2v) is 12.4. The first-order chi connectivity index (χ1) is 17.2. The van der Waals surface area contributed by atoms with Crippen molar-refractivity contribution in [3.05, 3.63) is 53.3 Å². The highest BCUT2D eigenvalue weighted by atomic mass is 32.2. The third-order valence-electron chi connectivity index (χ3n) is 6.78. The SMILES string of the molecule is C[C@@H]1CCCN(S(=O)(=O)c2ccc3c(c2)nc(SCc2cc(F)cc(F)c2F)n3C[C@H]2CCCO2)C1. The van der Waals surface area contributed by atoms with Crippen LogP contribution in [0, 0.1) is 23.4 Å². The van der Waals surface area contributed by atoms with E-state index >= 15 is 0 Å². The molecule has 36 heavy (non-hydrogen) atoms. The van der Waals surface area contributed by atoms with Crippen LogP contribution >= 0.6 is 11.8 Å². The lowest BCUT2D eigenvalue weighted by molar-refractivity contribution is 0.0960. The maximum Gasteiger partial charge on any atom is 0.243 e. The van der Waals surface area contributed by atoms with Gasteiger partial charge in [0.2, 0.25) is 10.0 Å². The van der Waals surface area contributed by atoms with Gasteiger partial charge in [-0.25, -0.2) is 26.6 Å². The topological polar surface area (TPSA) is 64.4 Å². The summed E-state index contributed by atoms with van der Waals surface area (Å²) in [5, 5.41) is 0.505. The van der Waals surface area contributed by atoms with Crippen molar-refractivity contribution in [2.45, 2.75) is 61.1 Å². The predicted octanol–water partition coefficient (Wildman–Crippen LogP) is 5.35. The van der Waals surface area contributed by atoms with Crippen LogP contribution in [0.1, 0.15) is 38.2 Å². The summed E-state index contributed by atoms with van der Waals surface area (Å²) in [6.07, 6.45) is 3.65. The van der Waals surface area contributed by atoms with Crippen molar-refractivity contribution < 1.29 is 26.3 Å². The molecule has 2 aliphatic rings. The zero-order valence-corrected chi connectivity index (χ0v) is 21.6. The van der Waals surface area contributed by atoms with Crippen LogP contribution in [-0.4, -0.2) is 48.1 Å². The third kappa shape index (κ3) is 5.16. The number of imidazole rings is 1. The van der Waals surface area contributed by atoms with E-state index in [9.17, 15) is 21.6 Å². The summed E-state index contributed by atoms with van der Waals surface area (Å²) in [7, 11) is -3.66. The lowest BCUT2D eigenvalue weighted by Gasteiger charge is -2.30. The molecule has 0 amide bonds. The number of fused-ring (bicyclic) bond motifs is 1. The van der Waals surface area contributed by atoms with E-state index in [0.717, 1.165) is 49.0 Å². The van der Waals surface area contributed by atoms with Gasteiger partial charge < -0.3 is 9.30 Å². The molecular weight excluding hydrogens is 511 g/mol. The number of ether oxygens (including phenoxy) is 1. The monoisotopic (exact) mass is 539 g/mol. The minimum absolute atomic E-state index is 0.0247. The summed E-state index contributed by atoms with van der Waals surface area (Å²) in [5.41, 5.74) is 1.12. The molecule has 0 bridgehead atoms. The Labute approximate surface area is 212 Å². The molecule has 0 spiro atoms. The van der Waals surface area contributed by atoms with Crippen LogP contribution < -0.4 is 0 Å². The van der Waals surface area contributed by atoms with Crippen molar-refractivity contribution in [1.29, 1.82) is 0 Å². The molecule has 2 fully saturated rings. The maximum absolute atomic E-state index is 14.2. The van der Waals surface area contributed by atoms with Crippen LogP contribution in [0.15, 0.2) is 40.4 Å². The number of nitrogens with zero attached hydrogens (tertiary/aromatic N) is 3. The number of rotatable bonds is 7. The van der Waals surface area contributed by atoms with Gasteiger partial charge in [-0.15, -0.1) is 0 Å². The summed E-state index contributed by atoms with van der Waals surface area (Å²) in [6, 6.07) is 6.40. The number of piperidine rings is 1. The molecule has 2 atom stereocenters. The molecule has 6 nitrogen and oxygen atoms in total. The molecule has 0 unspecified atom stereocenters. The molecule has 3 heterocycles. The summed E-state index contributed by atoms with van der Waals surface area (Å²) >= 11 is 1.15. The smallest absolute Gasteiger partial charge is 0.243 e. The fourth-order valence-corrected chi connectivity index (χ4v) is 7.50. The number of hydrogen-bond donors (Lipinski definition) is 0. The van der Waals surface area contributed by atoms with E-state index in [1.807, 2.05) is 4.57 Å². The van der Waals surface area contributed by atoms with Crippen molar-refractivity contribution >= 4 is 32.8 Å². The Morgan fingerprint density at radius 2 is 1.97 bits per heavy atom. The number of aromatic nitrogens is 2. The Bertz CT molecular complexity index is 1370. The minimum atomic E-state index is -3.66. The highest BCUT2D eigenvalue weighted by Crippen LogP contribution is 2.32. The van der Waals surface area contributed by atoms with Crippen molar-refractivity contribution in [3.8, 4) is 0 Å². The fourth-order valence-electron chi connectivity index (χ4n) is 4.90. The van der Waals surface area contributed by atoms with Gasteiger partial charge in [0.1, 0.15) is 5.82 Å². The Morgan fingerprint density at radius 3 is 2.72 bits per heavy atom.